The first-order chi connectivity index (χ1) is 9.10. The zero-order valence-corrected chi connectivity index (χ0v) is 10.5. The Morgan fingerprint density at radius 3 is 2.68 bits per heavy atom. The van der Waals surface area contributed by atoms with Gasteiger partial charge in [-0.3, -0.25) is 0 Å². The van der Waals surface area contributed by atoms with Crippen molar-refractivity contribution in [1.82, 2.24) is 0 Å². The molecule has 0 aliphatic heterocycles. The minimum Gasteiger partial charge on any atom is -0.487 e. The van der Waals surface area contributed by atoms with Gasteiger partial charge in [-0.25, -0.2) is 4.39 Å². The van der Waals surface area contributed by atoms with Gasteiger partial charge in [-0.1, -0.05) is 6.07 Å². The van der Waals surface area contributed by atoms with Gasteiger partial charge >= 0.3 is 0 Å². The molecule has 0 spiro atoms. The summed E-state index contributed by atoms with van der Waals surface area (Å²) in [5, 5.41) is 8.79. The summed E-state index contributed by atoms with van der Waals surface area (Å²) in [4.78, 5) is 0. The fourth-order valence-electron chi connectivity index (χ4n) is 1.73. The molecule has 0 aromatic heterocycles. The maximum absolute atomic E-state index is 12.9. The normalized spacial score (nSPS) is 9.95. The molecule has 19 heavy (non-hydrogen) atoms. The quantitative estimate of drug-likeness (QED) is 0.858. The van der Waals surface area contributed by atoms with E-state index in [0.29, 0.717) is 17.9 Å². The summed E-state index contributed by atoms with van der Waals surface area (Å²) < 4.78 is 18.4. The Balaban J connectivity index is 2.13. The Kier molecular flexibility index (Phi) is 3.67. The molecule has 4 heteroatoms. The second-order valence-corrected chi connectivity index (χ2v) is 4.22. The summed E-state index contributed by atoms with van der Waals surface area (Å²) in [6.07, 6.45) is 0. The molecule has 0 aliphatic rings. The third kappa shape index (κ3) is 3.02. The number of anilines is 1. The van der Waals surface area contributed by atoms with Gasteiger partial charge in [-0.2, -0.15) is 5.26 Å². The van der Waals surface area contributed by atoms with Gasteiger partial charge in [0.15, 0.2) is 0 Å². The summed E-state index contributed by atoms with van der Waals surface area (Å²) >= 11 is 0. The number of aryl methyl sites for hydroxylation is 1. The van der Waals surface area contributed by atoms with E-state index in [1.807, 2.05) is 13.0 Å². The molecular formula is C15H13FN2O. The Morgan fingerprint density at radius 1 is 1.26 bits per heavy atom. The molecule has 96 valence electrons. The smallest absolute Gasteiger partial charge is 0.142 e. The van der Waals surface area contributed by atoms with E-state index < -0.39 is 0 Å². The lowest BCUT2D eigenvalue weighted by Gasteiger charge is -2.10. The lowest BCUT2D eigenvalue weighted by molar-refractivity contribution is 0.306. The largest absolute Gasteiger partial charge is 0.487 e. The number of halogens is 1. The first-order valence-electron chi connectivity index (χ1n) is 5.77. The van der Waals surface area contributed by atoms with E-state index in [9.17, 15) is 4.39 Å². The van der Waals surface area contributed by atoms with Crippen LogP contribution in [0.5, 0.6) is 5.75 Å². The molecule has 3 nitrogen and oxygen atoms in total. The molecule has 0 amide bonds. The summed E-state index contributed by atoms with van der Waals surface area (Å²) in [5.41, 5.74) is 8.48. The molecule has 0 unspecified atom stereocenters. The first kappa shape index (κ1) is 12.9. The highest BCUT2D eigenvalue weighted by molar-refractivity contribution is 5.52. The summed E-state index contributed by atoms with van der Waals surface area (Å²) in [7, 11) is 0. The predicted molar refractivity (Wildman–Crippen MR) is 71.0 cm³/mol. The van der Waals surface area contributed by atoms with Crippen molar-refractivity contribution in [3.8, 4) is 11.8 Å². The van der Waals surface area contributed by atoms with E-state index in [2.05, 4.69) is 6.07 Å². The molecular weight excluding hydrogens is 243 g/mol. The van der Waals surface area contributed by atoms with Crippen LogP contribution < -0.4 is 10.5 Å². The van der Waals surface area contributed by atoms with Crippen molar-refractivity contribution in [2.24, 2.45) is 0 Å². The average molecular weight is 256 g/mol. The van der Waals surface area contributed by atoms with E-state index in [-0.39, 0.29) is 11.5 Å². The van der Waals surface area contributed by atoms with Gasteiger partial charge in [0.25, 0.3) is 0 Å². The molecule has 0 fully saturated rings. The molecule has 0 heterocycles. The number of nitrogen functional groups attached to an aromatic ring is 1. The van der Waals surface area contributed by atoms with Crippen molar-refractivity contribution >= 4 is 5.69 Å². The highest BCUT2D eigenvalue weighted by Gasteiger charge is 2.04. The third-order valence-corrected chi connectivity index (χ3v) is 2.83. The van der Waals surface area contributed by atoms with E-state index in [1.54, 1.807) is 12.1 Å². The zero-order valence-electron chi connectivity index (χ0n) is 10.5. The van der Waals surface area contributed by atoms with Crippen LogP contribution in [0.15, 0.2) is 36.4 Å². The fraction of sp³-hybridized carbons (Fsp3) is 0.133. The van der Waals surface area contributed by atoms with Crippen molar-refractivity contribution in [3.63, 3.8) is 0 Å². The number of hydrogen-bond donors (Lipinski definition) is 1. The zero-order chi connectivity index (χ0) is 13.8. The molecule has 2 aromatic rings. The highest BCUT2D eigenvalue weighted by Crippen LogP contribution is 2.23. The van der Waals surface area contributed by atoms with Crippen LogP contribution in [0.3, 0.4) is 0 Å². The Labute approximate surface area is 111 Å². The van der Waals surface area contributed by atoms with E-state index in [0.717, 1.165) is 11.1 Å². The number of nitrogens with zero attached hydrogens (tertiary/aromatic N) is 1. The lowest BCUT2D eigenvalue weighted by atomic mass is 10.1. The maximum atomic E-state index is 12.9. The lowest BCUT2D eigenvalue weighted by Crippen LogP contribution is -2.01. The number of ether oxygens (including phenoxy) is 1. The summed E-state index contributed by atoms with van der Waals surface area (Å²) in [5.74, 6) is 0.0598. The fourth-order valence-corrected chi connectivity index (χ4v) is 1.73. The van der Waals surface area contributed by atoms with Crippen LogP contribution in [0.4, 0.5) is 10.1 Å². The van der Waals surface area contributed by atoms with Crippen LogP contribution in [0.25, 0.3) is 0 Å². The highest BCUT2D eigenvalue weighted by atomic mass is 19.1. The Bertz CT molecular complexity index is 647. The van der Waals surface area contributed by atoms with E-state index in [4.69, 9.17) is 15.7 Å². The Morgan fingerprint density at radius 2 is 2.05 bits per heavy atom. The van der Waals surface area contributed by atoms with Crippen molar-refractivity contribution in [1.29, 1.82) is 5.26 Å². The molecule has 0 radical (unpaired) electrons. The van der Waals surface area contributed by atoms with Crippen LogP contribution in [0.1, 0.15) is 16.7 Å². The van der Waals surface area contributed by atoms with Crippen LogP contribution in [0.2, 0.25) is 0 Å². The number of nitriles is 1. The molecule has 0 saturated heterocycles. The molecule has 0 aliphatic carbocycles. The van der Waals surface area contributed by atoms with Crippen molar-refractivity contribution in [2.75, 3.05) is 5.73 Å². The summed E-state index contributed by atoms with van der Waals surface area (Å²) in [6.45, 7) is 2.24. The molecule has 2 N–H and O–H groups in total. The minimum absolute atomic E-state index is 0.270. The van der Waals surface area contributed by atoms with Gasteiger partial charge < -0.3 is 10.5 Å². The van der Waals surface area contributed by atoms with Gasteiger partial charge in [0.1, 0.15) is 18.2 Å². The van der Waals surface area contributed by atoms with Gasteiger partial charge in [-0.05, 0) is 42.3 Å². The standard InChI is InChI=1S/C15H13FN2O/c1-10-6-11(8-17)2-3-12(10)9-19-15-5-4-13(16)7-14(15)18/h2-7H,9,18H2,1H3. The van der Waals surface area contributed by atoms with E-state index >= 15 is 0 Å². The molecule has 2 rings (SSSR count). The average Bonchev–Trinajstić information content (AvgIpc) is 2.39. The molecule has 2 aromatic carbocycles. The molecule has 0 atom stereocenters. The topological polar surface area (TPSA) is 59.0 Å². The van der Waals surface area contributed by atoms with Gasteiger partial charge in [0.05, 0.1) is 17.3 Å². The number of rotatable bonds is 3. The third-order valence-electron chi connectivity index (χ3n) is 2.83. The van der Waals surface area contributed by atoms with Crippen LogP contribution >= 0.6 is 0 Å². The van der Waals surface area contributed by atoms with Crippen LogP contribution in [-0.2, 0) is 6.61 Å². The van der Waals surface area contributed by atoms with Gasteiger partial charge in [0, 0.05) is 6.07 Å². The Hall–Kier alpha value is -2.54. The maximum Gasteiger partial charge on any atom is 0.142 e. The predicted octanol–water partition coefficient (Wildman–Crippen LogP) is 3.17. The second kappa shape index (κ2) is 5.40. The number of nitrogens with two attached hydrogens (primary N) is 1. The van der Waals surface area contributed by atoms with Crippen LogP contribution in [0, 0.1) is 24.1 Å². The second-order valence-electron chi connectivity index (χ2n) is 4.22. The van der Waals surface area contributed by atoms with Crippen molar-refractivity contribution < 1.29 is 9.13 Å². The number of hydrogen-bond acceptors (Lipinski definition) is 3. The van der Waals surface area contributed by atoms with Crippen molar-refractivity contribution in [3.05, 3.63) is 58.9 Å². The van der Waals surface area contributed by atoms with Gasteiger partial charge in [-0.15, -0.1) is 0 Å². The molecule has 0 saturated carbocycles. The van der Waals surface area contributed by atoms with Crippen LogP contribution in [-0.4, -0.2) is 0 Å². The monoisotopic (exact) mass is 256 g/mol. The van der Waals surface area contributed by atoms with E-state index in [1.165, 1.54) is 18.2 Å². The van der Waals surface area contributed by atoms with Crippen molar-refractivity contribution in [2.45, 2.75) is 13.5 Å². The SMILES string of the molecule is Cc1cc(C#N)ccc1COc1ccc(F)cc1N. The van der Waals surface area contributed by atoms with Gasteiger partial charge in [0.2, 0.25) is 0 Å². The minimum atomic E-state index is -0.389. The first-order valence-corrected chi connectivity index (χ1v) is 5.77. The summed E-state index contributed by atoms with van der Waals surface area (Å²) in [6, 6.07) is 11.5. The number of benzene rings is 2. The molecule has 0 bridgehead atoms.